The molecular formula is C14H11. The fraction of sp³-hybridized carbons (Fsp3) is 0.0714. The van der Waals surface area contributed by atoms with Crippen LogP contribution in [0.25, 0.3) is 6.08 Å². The molecule has 0 heteroatoms. The fourth-order valence-corrected chi connectivity index (χ4v) is 2.00. The van der Waals surface area contributed by atoms with Crippen molar-refractivity contribution in [2.24, 2.45) is 0 Å². The lowest BCUT2D eigenvalue weighted by Crippen LogP contribution is -1.84. The van der Waals surface area contributed by atoms with Gasteiger partial charge in [0.25, 0.3) is 0 Å². The van der Waals surface area contributed by atoms with Crippen LogP contribution in [0, 0.1) is 6.42 Å². The van der Waals surface area contributed by atoms with Crippen LogP contribution >= 0.6 is 0 Å². The smallest absolute Gasteiger partial charge is 0.0208 e. The van der Waals surface area contributed by atoms with E-state index < -0.39 is 0 Å². The summed E-state index contributed by atoms with van der Waals surface area (Å²) in [6, 6.07) is 8.52. The summed E-state index contributed by atoms with van der Waals surface area (Å²) in [7, 11) is 0. The largest absolute Gasteiger partial charge is 0.0801 e. The van der Waals surface area contributed by atoms with Crippen LogP contribution in [0.3, 0.4) is 0 Å². The van der Waals surface area contributed by atoms with E-state index in [2.05, 4.69) is 55.0 Å². The third-order valence-electron chi connectivity index (χ3n) is 2.76. The summed E-state index contributed by atoms with van der Waals surface area (Å²) in [5, 5.41) is 0. The molecule has 0 saturated heterocycles. The molecule has 2 aliphatic rings. The van der Waals surface area contributed by atoms with Gasteiger partial charge in [-0.15, -0.1) is 0 Å². The Hall–Kier alpha value is -1.56. The minimum atomic E-state index is 1.08. The Kier molecular flexibility index (Phi) is 1.66. The number of hydrogen-bond acceptors (Lipinski definition) is 0. The molecule has 0 atom stereocenters. The summed E-state index contributed by atoms with van der Waals surface area (Å²) in [5.41, 5.74) is 5.49. The molecule has 67 valence electrons. The van der Waals surface area contributed by atoms with Crippen molar-refractivity contribution >= 4 is 6.08 Å². The Labute approximate surface area is 84.3 Å². The summed E-state index contributed by atoms with van der Waals surface area (Å²) in [6.07, 6.45) is 12.2. The highest BCUT2D eigenvalue weighted by Crippen LogP contribution is 2.33. The molecule has 14 heavy (non-hydrogen) atoms. The lowest BCUT2D eigenvalue weighted by Gasteiger charge is -2.01. The molecule has 0 heterocycles. The molecule has 0 fully saturated rings. The van der Waals surface area contributed by atoms with E-state index >= 15 is 0 Å². The standard InChI is InChI=1S/C14H11/c1-2-6-11(5-1)14-9-12-7-3-4-8-13(12)10-14/h1-5,7-10H,6H2. The maximum atomic E-state index is 2.27. The average Bonchev–Trinajstić information content (AvgIpc) is 2.86. The lowest BCUT2D eigenvalue weighted by molar-refractivity contribution is 1.27. The Balaban J connectivity index is 1.95. The predicted molar refractivity (Wildman–Crippen MR) is 59.7 cm³/mol. The van der Waals surface area contributed by atoms with Crippen LogP contribution in [0.5, 0.6) is 0 Å². The van der Waals surface area contributed by atoms with E-state index in [1.165, 1.54) is 22.3 Å². The Morgan fingerprint density at radius 3 is 2.57 bits per heavy atom. The van der Waals surface area contributed by atoms with Gasteiger partial charge >= 0.3 is 0 Å². The van der Waals surface area contributed by atoms with Crippen LogP contribution in [0.4, 0.5) is 0 Å². The fourth-order valence-electron chi connectivity index (χ4n) is 2.00. The van der Waals surface area contributed by atoms with Crippen LogP contribution < -0.4 is 0 Å². The van der Waals surface area contributed by atoms with Gasteiger partial charge in [0.2, 0.25) is 0 Å². The molecule has 0 unspecified atom stereocenters. The Morgan fingerprint density at radius 1 is 1.00 bits per heavy atom. The molecule has 0 nitrogen and oxygen atoms in total. The third-order valence-corrected chi connectivity index (χ3v) is 2.76. The molecular weight excluding hydrogens is 168 g/mol. The zero-order valence-electron chi connectivity index (χ0n) is 7.90. The molecule has 0 amide bonds. The first-order valence-electron chi connectivity index (χ1n) is 4.95. The zero-order valence-corrected chi connectivity index (χ0v) is 7.90. The summed E-state index contributed by atoms with van der Waals surface area (Å²) < 4.78 is 0. The van der Waals surface area contributed by atoms with E-state index in [-0.39, 0.29) is 0 Å². The van der Waals surface area contributed by atoms with Crippen LogP contribution in [0.1, 0.15) is 17.5 Å². The minimum Gasteiger partial charge on any atom is -0.0801 e. The molecule has 2 aliphatic carbocycles. The van der Waals surface area contributed by atoms with Crippen molar-refractivity contribution in [3.05, 3.63) is 71.2 Å². The third kappa shape index (κ3) is 1.15. The molecule has 0 N–H and O–H groups in total. The van der Waals surface area contributed by atoms with E-state index in [9.17, 15) is 0 Å². The highest BCUT2D eigenvalue weighted by atomic mass is 14.2. The molecule has 0 bridgehead atoms. The van der Waals surface area contributed by atoms with Crippen LogP contribution in [0.2, 0.25) is 0 Å². The van der Waals surface area contributed by atoms with Crippen molar-refractivity contribution in [1.82, 2.24) is 0 Å². The first-order valence-corrected chi connectivity index (χ1v) is 4.95. The van der Waals surface area contributed by atoms with E-state index in [1.54, 1.807) is 0 Å². The van der Waals surface area contributed by atoms with Crippen LogP contribution in [0.15, 0.2) is 53.6 Å². The lowest BCUT2D eigenvalue weighted by atomic mass is 10.0. The van der Waals surface area contributed by atoms with Gasteiger partial charge in [0.1, 0.15) is 0 Å². The maximum absolute atomic E-state index is 2.27. The Morgan fingerprint density at radius 2 is 1.86 bits per heavy atom. The topological polar surface area (TPSA) is 0 Å². The normalized spacial score (nSPS) is 18.0. The van der Waals surface area contributed by atoms with Gasteiger partial charge in [-0.3, -0.25) is 0 Å². The second-order valence-corrected chi connectivity index (χ2v) is 3.70. The van der Waals surface area contributed by atoms with E-state index in [0.717, 1.165) is 6.42 Å². The van der Waals surface area contributed by atoms with E-state index in [0.29, 0.717) is 0 Å². The summed E-state index contributed by atoms with van der Waals surface area (Å²) in [6.45, 7) is 0. The van der Waals surface area contributed by atoms with E-state index in [4.69, 9.17) is 0 Å². The molecule has 3 rings (SSSR count). The Bertz CT molecular complexity index is 459. The minimum absolute atomic E-state index is 1.08. The van der Waals surface area contributed by atoms with Gasteiger partial charge in [0.15, 0.2) is 0 Å². The SMILES string of the molecule is [CH]1C(C2=CC=CC2)=Cc2ccccc21. The van der Waals surface area contributed by atoms with Crippen LogP contribution in [-0.2, 0) is 0 Å². The molecule has 0 spiro atoms. The number of fused-ring (bicyclic) bond motifs is 1. The summed E-state index contributed by atoms with van der Waals surface area (Å²) in [5.74, 6) is 0. The molecule has 1 aromatic carbocycles. The van der Waals surface area contributed by atoms with Crippen LogP contribution in [-0.4, -0.2) is 0 Å². The molecule has 1 radical (unpaired) electrons. The summed E-state index contributed by atoms with van der Waals surface area (Å²) in [4.78, 5) is 0. The second-order valence-electron chi connectivity index (χ2n) is 3.70. The van der Waals surface area contributed by atoms with Crippen molar-refractivity contribution in [3.8, 4) is 0 Å². The highest BCUT2D eigenvalue weighted by molar-refractivity contribution is 5.74. The zero-order chi connectivity index (χ0) is 9.38. The van der Waals surface area contributed by atoms with Crippen molar-refractivity contribution in [3.63, 3.8) is 0 Å². The number of rotatable bonds is 1. The van der Waals surface area contributed by atoms with Gasteiger partial charge in [0.05, 0.1) is 0 Å². The van der Waals surface area contributed by atoms with Gasteiger partial charge in [-0.05, 0) is 28.7 Å². The maximum Gasteiger partial charge on any atom is 0.0208 e. The molecule has 0 saturated carbocycles. The molecule has 1 aromatic rings. The van der Waals surface area contributed by atoms with Gasteiger partial charge in [-0.25, -0.2) is 0 Å². The predicted octanol–water partition coefficient (Wildman–Crippen LogP) is 3.52. The molecule has 0 aliphatic heterocycles. The quantitative estimate of drug-likeness (QED) is 0.618. The van der Waals surface area contributed by atoms with Crippen molar-refractivity contribution < 1.29 is 0 Å². The van der Waals surface area contributed by atoms with Gasteiger partial charge in [0, 0.05) is 6.42 Å². The van der Waals surface area contributed by atoms with Gasteiger partial charge in [-0.2, -0.15) is 0 Å². The summed E-state index contributed by atoms with van der Waals surface area (Å²) >= 11 is 0. The average molecular weight is 179 g/mol. The van der Waals surface area contributed by atoms with Crippen molar-refractivity contribution in [2.45, 2.75) is 6.42 Å². The number of hydrogen-bond donors (Lipinski definition) is 0. The van der Waals surface area contributed by atoms with E-state index in [1.807, 2.05) is 0 Å². The van der Waals surface area contributed by atoms with Crippen molar-refractivity contribution in [1.29, 1.82) is 0 Å². The first kappa shape index (κ1) is 7.81. The van der Waals surface area contributed by atoms with Crippen molar-refractivity contribution in [2.75, 3.05) is 0 Å². The van der Waals surface area contributed by atoms with Gasteiger partial charge < -0.3 is 0 Å². The highest BCUT2D eigenvalue weighted by Gasteiger charge is 2.15. The number of benzene rings is 1. The first-order chi connectivity index (χ1) is 6.93. The number of allylic oxidation sites excluding steroid dienone is 5. The second kappa shape index (κ2) is 2.98. The van der Waals surface area contributed by atoms with Gasteiger partial charge in [-0.1, -0.05) is 48.6 Å². The monoisotopic (exact) mass is 179 g/mol. The molecule has 0 aromatic heterocycles.